The molecule has 11 heteroatoms. The maximum absolute atomic E-state index is 13.0. The Morgan fingerprint density at radius 3 is 2.83 bits per heavy atom. The van der Waals surface area contributed by atoms with Crippen LogP contribution in [0.25, 0.3) is 11.0 Å². The van der Waals surface area contributed by atoms with Gasteiger partial charge in [-0.3, -0.25) is 24.3 Å². The number of hydrogen-bond acceptors (Lipinski definition) is 7. The summed E-state index contributed by atoms with van der Waals surface area (Å²) in [4.78, 5) is 48.7. The second-order valence-electron chi connectivity index (χ2n) is 6.58. The molecule has 4 rings (SSSR count). The van der Waals surface area contributed by atoms with E-state index >= 15 is 0 Å². The van der Waals surface area contributed by atoms with Crippen LogP contribution in [0.1, 0.15) is 33.0 Å². The van der Waals surface area contributed by atoms with Crippen LogP contribution < -0.4 is 16.2 Å². The molecule has 4 aromatic rings. The van der Waals surface area contributed by atoms with Gasteiger partial charge in [0, 0.05) is 17.0 Å². The zero-order chi connectivity index (χ0) is 21.4. The summed E-state index contributed by atoms with van der Waals surface area (Å²) in [5.41, 5.74) is 6.39. The van der Waals surface area contributed by atoms with Crippen LogP contribution in [-0.2, 0) is 4.79 Å². The van der Waals surface area contributed by atoms with Crippen LogP contribution in [0.5, 0.6) is 0 Å². The molecule has 0 aliphatic heterocycles. The Morgan fingerprint density at radius 1 is 1.33 bits per heavy atom. The molecule has 5 N–H and O–H groups in total. The number of anilines is 2. The number of hydrogen-bond donors (Lipinski definition) is 4. The highest BCUT2D eigenvalue weighted by atomic mass is 32.1. The lowest BCUT2D eigenvalue weighted by atomic mass is 10.0. The Hall–Kier alpha value is -3.44. The minimum atomic E-state index is -1.09. The minimum Gasteiger partial charge on any atom is -0.480 e. The summed E-state index contributed by atoms with van der Waals surface area (Å²) >= 11 is 2.57. The summed E-state index contributed by atoms with van der Waals surface area (Å²) in [6.45, 7) is 1.50. The lowest BCUT2D eigenvalue weighted by molar-refractivity contribution is -0.135. The van der Waals surface area contributed by atoms with Gasteiger partial charge in [-0.25, -0.2) is 0 Å². The molecule has 9 nitrogen and oxygen atoms in total. The summed E-state index contributed by atoms with van der Waals surface area (Å²) in [5, 5.41) is 12.0. The van der Waals surface area contributed by atoms with Crippen molar-refractivity contribution in [3.05, 3.63) is 61.5 Å². The van der Waals surface area contributed by atoms with Gasteiger partial charge < -0.3 is 15.8 Å². The molecule has 30 heavy (non-hydrogen) atoms. The van der Waals surface area contributed by atoms with Gasteiger partial charge in [0.2, 0.25) is 5.95 Å². The van der Waals surface area contributed by atoms with Crippen molar-refractivity contribution in [1.82, 2.24) is 15.0 Å². The highest BCUT2D eigenvalue weighted by Crippen LogP contribution is 2.34. The molecule has 4 aromatic heterocycles. The summed E-state index contributed by atoms with van der Waals surface area (Å²) in [6, 6.07) is 6.96. The lowest BCUT2D eigenvalue weighted by Crippen LogP contribution is -2.34. The molecule has 4 heterocycles. The van der Waals surface area contributed by atoms with Crippen LogP contribution in [0.15, 0.2) is 40.6 Å². The first-order valence-corrected chi connectivity index (χ1v) is 10.6. The number of nitrogen functional groups attached to an aromatic ring is 1. The molecule has 1 amide bonds. The van der Waals surface area contributed by atoms with Crippen molar-refractivity contribution >= 4 is 56.5 Å². The molecule has 0 saturated heterocycles. The van der Waals surface area contributed by atoms with Crippen LogP contribution in [0.4, 0.5) is 10.9 Å². The van der Waals surface area contributed by atoms with E-state index in [2.05, 4.69) is 15.0 Å². The lowest BCUT2D eigenvalue weighted by Gasteiger charge is -2.17. The number of thiophene rings is 2. The van der Waals surface area contributed by atoms with Gasteiger partial charge in [-0.1, -0.05) is 6.92 Å². The second-order valence-corrected chi connectivity index (χ2v) is 8.62. The van der Waals surface area contributed by atoms with E-state index in [-0.39, 0.29) is 23.3 Å². The van der Waals surface area contributed by atoms with Crippen molar-refractivity contribution in [1.29, 1.82) is 0 Å². The molecule has 154 valence electrons. The van der Waals surface area contributed by atoms with E-state index in [9.17, 15) is 19.5 Å². The molecule has 1 atom stereocenters. The molecule has 0 aliphatic carbocycles. The largest absolute Gasteiger partial charge is 0.480 e. The van der Waals surface area contributed by atoms with E-state index in [1.807, 2.05) is 13.0 Å². The number of nitrogens with one attached hydrogen (secondary N) is 2. The Kier molecular flexibility index (Phi) is 5.14. The number of carbonyl (C=O) groups excluding carboxylic acids is 1. The number of amides is 1. The van der Waals surface area contributed by atoms with Crippen molar-refractivity contribution in [2.75, 3.05) is 17.2 Å². The Morgan fingerprint density at radius 2 is 2.13 bits per heavy atom. The van der Waals surface area contributed by atoms with Crippen LogP contribution in [0, 0.1) is 0 Å². The van der Waals surface area contributed by atoms with Crippen molar-refractivity contribution in [2.24, 2.45) is 0 Å². The Bertz CT molecular complexity index is 1290. The maximum atomic E-state index is 13.0. The molecule has 0 fully saturated rings. The molecule has 0 radical (unpaired) electrons. The molecule has 0 aromatic carbocycles. The number of carbonyl (C=O) groups is 2. The van der Waals surface area contributed by atoms with E-state index in [1.54, 1.807) is 29.8 Å². The number of aromatic nitrogens is 3. The summed E-state index contributed by atoms with van der Waals surface area (Å²) in [6.07, 6.45) is 1.71. The van der Waals surface area contributed by atoms with Crippen molar-refractivity contribution in [2.45, 2.75) is 12.8 Å². The number of H-pyrrole nitrogens is 2. The Balaban J connectivity index is 1.66. The van der Waals surface area contributed by atoms with E-state index in [0.29, 0.717) is 20.9 Å². The highest BCUT2D eigenvalue weighted by Gasteiger charge is 2.25. The van der Waals surface area contributed by atoms with E-state index in [1.165, 1.54) is 27.6 Å². The van der Waals surface area contributed by atoms with Crippen LogP contribution >= 0.6 is 22.7 Å². The van der Waals surface area contributed by atoms with Gasteiger partial charge in [-0.15, -0.1) is 22.7 Å². The van der Waals surface area contributed by atoms with Gasteiger partial charge in [0.05, 0.1) is 15.3 Å². The fraction of sp³-hybridized carbons (Fsp3) is 0.158. The Labute approximate surface area is 177 Å². The molecular formula is C19H17N5O4S2. The third kappa shape index (κ3) is 3.60. The minimum absolute atomic E-state index is 0.0321. The van der Waals surface area contributed by atoms with Gasteiger partial charge in [0.25, 0.3) is 11.5 Å². The zero-order valence-electron chi connectivity index (χ0n) is 15.7. The van der Waals surface area contributed by atoms with Crippen LogP contribution in [0.2, 0.25) is 0 Å². The fourth-order valence-electron chi connectivity index (χ4n) is 3.22. The zero-order valence-corrected chi connectivity index (χ0v) is 17.3. The van der Waals surface area contributed by atoms with Crippen LogP contribution in [-0.4, -0.2) is 38.5 Å². The van der Waals surface area contributed by atoms with Crippen molar-refractivity contribution in [3.63, 3.8) is 0 Å². The van der Waals surface area contributed by atoms with Gasteiger partial charge >= 0.3 is 5.97 Å². The average molecular weight is 444 g/mol. The van der Waals surface area contributed by atoms with E-state index in [4.69, 9.17) is 5.73 Å². The van der Waals surface area contributed by atoms with E-state index in [0.717, 1.165) is 10.4 Å². The number of nitrogens with two attached hydrogens (primary N) is 1. The third-order valence-electron chi connectivity index (χ3n) is 4.63. The van der Waals surface area contributed by atoms with Crippen molar-refractivity contribution in [3.8, 4) is 0 Å². The molecule has 1 unspecified atom stereocenters. The molecule has 0 spiro atoms. The van der Waals surface area contributed by atoms with Gasteiger partial charge in [-0.05, 0) is 35.2 Å². The standard InChI is InChI=1S/C19H17N5O4S2/c1-9(10-7-21-16-15(10)17(27)23-19(20)22-16)11-4-5-12(30-11)18(28)24(8-14(25)26)13-3-2-6-29-13/h2-7,9H,8H2,1H3,(H,25,26)(H4,20,21,22,23,27). The molecule has 0 bridgehead atoms. The molecule has 0 saturated carbocycles. The molecular weight excluding hydrogens is 426 g/mol. The summed E-state index contributed by atoms with van der Waals surface area (Å²) < 4.78 is 0. The molecule has 0 aliphatic rings. The SMILES string of the molecule is CC(c1ccc(C(=O)N(CC(=O)O)c2cccs2)s1)c1c[nH]c2nc(N)[nH]c(=O)c12. The summed E-state index contributed by atoms with van der Waals surface area (Å²) in [7, 11) is 0. The number of aliphatic carboxylic acids is 1. The van der Waals surface area contributed by atoms with E-state index < -0.39 is 12.5 Å². The number of rotatable bonds is 6. The second kappa shape index (κ2) is 7.76. The number of aromatic amines is 2. The maximum Gasteiger partial charge on any atom is 0.323 e. The topological polar surface area (TPSA) is 145 Å². The van der Waals surface area contributed by atoms with Gasteiger partial charge in [-0.2, -0.15) is 4.98 Å². The quantitative estimate of drug-likeness (QED) is 0.360. The predicted octanol–water partition coefficient (Wildman–Crippen LogP) is 2.84. The normalized spacial score (nSPS) is 12.2. The predicted molar refractivity (Wildman–Crippen MR) is 117 cm³/mol. The third-order valence-corrected chi connectivity index (χ3v) is 6.78. The average Bonchev–Trinajstić information content (AvgIpc) is 3.44. The smallest absolute Gasteiger partial charge is 0.323 e. The van der Waals surface area contributed by atoms with Crippen LogP contribution in [0.3, 0.4) is 0 Å². The van der Waals surface area contributed by atoms with Gasteiger partial charge in [0.15, 0.2) is 0 Å². The first kappa shape index (κ1) is 19.9. The summed E-state index contributed by atoms with van der Waals surface area (Å²) in [5.74, 6) is -1.63. The number of fused-ring (bicyclic) bond motifs is 1. The highest BCUT2D eigenvalue weighted by molar-refractivity contribution is 7.15. The first-order valence-electron chi connectivity index (χ1n) is 8.89. The monoisotopic (exact) mass is 443 g/mol. The number of nitrogens with zero attached hydrogens (tertiary/aromatic N) is 2. The van der Waals surface area contributed by atoms with Crippen molar-refractivity contribution < 1.29 is 14.7 Å². The first-order chi connectivity index (χ1) is 14.3. The number of carboxylic acids is 1. The fourth-order valence-corrected chi connectivity index (χ4v) is 4.97. The number of carboxylic acid groups (broad SMARTS) is 1. The van der Waals surface area contributed by atoms with Gasteiger partial charge in [0.1, 0.15) is 12.2 Å².